The van der Waals surface area contributed by atoms with E-state index in [1.807, 2.05) is 42.5 Å². The molecule has 1 N–H and O–H groups in total. The number of hydrogen-bond acceptors (Lipinski definition) is 5. The van der Waals surface area contributed by atoms with Crippen molar-refractivity contribution >= 4 is 44.4 Å². The Hall–Kier alpha value is -2.77. The van der Waals surface area contributed by atoms with Crippen LogP contribution in [0.3, 0.4) is 0 Å². The van der Waals surface area contributed by atoms with Crippen molar-refractivity contribution in [2.45, 2.75) is 45.9 Å². The van der Waals surface area contributed by atoms with Gasteiger partial charge in [0.1, 0.15) is 0 Å². The molecule has 0 aliphatic carbocycles. The van der Waals surface area contributed by atoms with Crippen molar-refractivity contribution in [1.29, 1.82) is 0 Å². The summed E-state index contributed by atoms with van der Waals surface area (Å²) in [6.07, 6.45) is -0.182. The molecular formula is C25H26BrN3O3. The van der Waals surface area contributed by atoms with Gasteiger partial charge in [0, 0.05) is 46.7 Å². The first kappa shape index (κ1) is 22.4. The van der Waals surface area contributed by atoms with Crippen molar-refractivity contribution in [1.82, 2.24) is 9.88 Å². The number of amides is 1. The first-order chi connectivity index (χ1) is 15.3. The number of nitrogens with one attached hydrogen (secondary N) is 1. The fraction of sp³-hybridized carbons (Fsp3) is 0.320. The number of hydrogen-bond donors (Lipinski definition) is 1. The van der Waals surface area contributed by atoms with Crippen LogP contribution in [0.2, 0.25) is 0 Å². The van der Waals surface area contributed by atoms with Gasteiger partial charge in [-0.05, 0) is 54.9 Å². The SMILES string of the molecule is CC(OC(=O)c1c2c(nc3ccccc13)CCN(C(C)C)C2)C(=O)Nc1ccccc1Br. The number of rotatable bonds is 5. The van der Waals surface area contributed by atoms with Crippen LogP contribution < -0.4 is 5.32 Å². The number of pyridine rings is 1. The highest BCUT2D eigenvalue weighted by atomic mass is 79.9. The number of halogens is 1. The smallest absolute Gasteiger partial charge is 0.339 e. The molecule has 0 fully saturated rings. The number of aromatic nitrogens is 1. The number of benzene rings is 2. The lowest BCUT2D eigenvalue weighted by Gasteiger charge is -2.32. The minimum absolute atomic E-state index is 0.354. The van der Waals surface area contributed by atoms with Crippen molar-refractivity contribution < 1.29 is 14.3 Å². The molecule has 0 saturated heterocycles. The molecule has 2 aromatic carbocycles. The van der Waals surface area contributed by atoms with Gasteiger partial charge in [0.15, 0.2) is 6.10 Å². The van der Waals surface area contributed by atoms with Gasteiger partial charge in [-0.25, -0.2) is 4.79 Å². The predicted molar refractivity (Wildman–Crippen MR) is 129 cm³/mol. The molecule has 3 aromatic rings. The molecule has 2 heterocycles. The van der Waals surface area contributed by atoms with Crippen LogP contribution >= 0.6 is 15.9 Å². The Kier molecular flexibility index (Phi) is 6.58. The molecular weight excluding hydrogens is 470 g/mol. The molecule has 1 aromatic heterocycles. The summed E-state index contributed by atoms with van der Waals surface area (Å²) in [5.74, 6) is -0.887. The molecule has 0 spiro atoms. The third-order valence-corrected chi connectivity index (χ3v) is 6.49. The third-order valence-electron chi connectivity index (χ3n) is 5.80. The van der Waals surface area contributed by atoms with Crippen LogP contribution in [0.5, 0.6) is 0 Å². The van der Waals surface area contributed by atoms with Crippen LogP contribution in [-0.4, -0.2) is 40.5 Å². The molecule has 0 radical (unpaired) electrons. The van der Waals surface area contributed by atoms with Crippen molar-refractivity contribution in [2.24, 2.45) is 0 Å². The Morgan fingerprint density at radius 2 is 1.81 bits per heavy atom. The lowest BCUT2D eigenvalue weighted by atomic mass is 9.95. The molecule has 1 aliphatic heterocycles. The summed E-state index contributed by atoms with van der Waals surface area (Å²) in [4.78, 5) is 33.2. The standard InChI is InChI=1S/C25H26BrN3O3/c1-15(2)29-13-12-21-18(14-29)23(17-8-4-6-10-20(17)27-21)25(31)32-16(3)24(30)28-22-11-7-5-9-19(22)26/h4-11,15-16H,12-14H2,1-3H3,(H,28,30). The maximum atomic E-state index is 13.4. The molecule has 1 aliphatic rings. The average Bonchev–Trinajstić information content (AvgIpc) is 2.78. The lowest BCUT2D eigenvalue weighted by molar-refractivity contribution is -0.123. The molecule has 32 heavy (non-hydrogen) atoms. The van der Waals surface area contributed by atoms with E-state index in [1.165, 1.54) is 0 Å². The number of anilines is 1. The summed E-state index contributed by atoms with van der Waals surface area (Å²) in [5.41, 5.74) is 3.72. The van der Waals surface area contributed by atoms with Gasteiger partial charge in [-0.1, -0.05) is 30.3 Å². The second-order valence-electron chi connectivity index (χ2n) is 8.26. The maximum absolute atomic E-state index is 13.4. The average molecular weight is 496 g/mol. The van der Waals surface area contributed by atoms with Crippen molar-refractivity contribution in [2.75, 3.05) is 11.9 Å². The van der Waals surface area contributed by atoms with Crippen LogP contribution in [0.1, 0.15) is 42.4 Å². The summed E-state index contributed by atoms with van der Waals surface area (Å²) in [6, 6.07) is 15.3. The number of fused-ring (bicyclic) bond motifs is 2. The number of carbonyl (C=O) groups excluding carboxylic acids is 2. The van der Waals surface area contributed by atoms with E-state index in [2.05, 4.69) is 40.0 Å². The second kappa shape index (κ2) is 9.38. The highest BCUT2D eigenvalue weighted by molar-refractivity contribution is 9.10. The Bertz CT molecular complexity index is 1180. The highest BCUT2D eigenvalue weighted by Crippen LogP contribution is 2.30. The van der Waals surface area contributed by atoms with Gasteiger partial charge in [-0.15, -0.1) is 0 Å². The Balaban J connectivity index is 1.63. The number of nitrogens with zero attached hydrogens (tertiary/aromatic N) is 2. The van der Waals surface area contributed by atoms with Gasteiger partial charge < -0.3 is 10.1 Å². The third kappa shape index (κ3) is 4.54. The summed E-state index contributed by atoms with van der Waals surface area (Å²) in [6.45, 7) is 7.40. The van der Waals surface area contributed by atoms with Crippen molar-refractivity contribution in [3.05, 3.63) is 69.8 Å². The van der Waals surface area contributed by atoms with Gasteiger partial charge in [-0.3, -0.25) is 14.7 Å². The Labute approximate surface area is 196 Å². The van der Waals surface area contributed by atoms with E-state index in [-0.39, 0.29) is 5.91 Å². The fourth-order valence-corrected chi connectivity index (χ4v) is 4.34. The summed E-state index contributed by atoms with van der Waals surface area (Å²) < 4.78 is 6.43. The van der Waals surface area contributed by atoms with Crippen molar-refractivity contribution in [3.8, 4) is 0 Å². The van der Waals surface area contributed by atoms with Crippen LogP contribution in [0.4, 0.5) is 5.69 Å². The minimum atomic E-state index is -0.957. The quantitative estimate of drug-likeness (QED) is 0.507. The molecule has 7 heteroatoms. The zero-order chi connectivity index (χ0) is 22.8. The number of ether oxygens (including phenoxy) is 1. The summed E-state index contributed by atoms with van der Waals surface area (Å²) in [7, 11) is 0. The van der Waals surface area contributed by atoms with Crippen LogP contribution in [0, 0.1) is 0 Å². The molecule has 166 valence electrons. The molecule has 6 nitrogen and oxygen atoms in total. The van der Waals surface area contributed by atoms with Gasteiger partial charge in [-0.2, -0.15) is 0 Å². The second-order valence-corrected chi connectivity index (χ2v) is 9.11. The van der Waals surface area contributed by atoms with Crippen LogP contribution in [0.15, 0.2) is 53.0 Å². The first-order valence-corrected chi connectivity index (χ1v) is 11.6. The largest absolute Gasteiger partial charge is 0.449 e. The van der Waals surface area contributed by atoms with Gasteiger partial charge in [0.25, 0.3) is 5.91 Å². The monoisotopic (exact) mass is 495 g/mol. The van der Waals surface area contributed by atoms with Gasteiger partial charge in [0.2, 0.25) is 0 Å². The molecule has 4 rings (SSSR count). The van der Waals surface area contributed by atoms with Crippen LogP contribution in [-0.2, 0) is 22.5 Å². The molecule has 0 bridgehead atoms. The maximum Gasteiger partial charge on any atom is 0.339 e. The number of carbonyl (C=O) groups is 2. The van der Waals surface area contributed by atoms with Crippen LogP contribution in [0.25, 0.3) is 10.9 Å². The molecule has 0 saturated carbocycles. The number of esters is 1. The van der Waals surface area contributed by atoms with E-state index < -0.39 is 12.1 Å². The van der Waals surface area contributed by atoms with Gasteiger partial charge >= 0.3 is 5.97 Å². The molecule has 1 amide bonds. The molecule has 1 unspecified atom stereocenters. The summed E-state index contributed by atoms with van der Waals surface area (Å²) in [5, 5.41) is 3.55. The highest BCUT2D eigenvalue weighted by Gasteiger charge is 2.29. The first-order valence-electron chi connectivity index (χ1n) is 10.8. The van der Waals surface area contributed by atoms with Crippen molar-refractivity contribution in [3.63, 3.8) is 0 Å². The zero-order valence-corrected chi connectivity index (χ0v) is 20.0. The van der Waals surface area contributed by atoms with E-state index in [1.54, 1.807) is 13.0 Å². The topological polar surface area (TPSA) is 71.5 Å². The normalized spacial score (nSPS) is 14.8. The van der Waals surface area contributed by atoms with E-state index >= 15 is 0 Å². The Morgan fingerprint density at radius 3 is 2.56 bits per heavy atom. The van der Waals surface area contributed by atoms with E-state index in [9.17, 15) is 9.59 Å². The number of para-hydroxylation sites is 2. The fourth-order valence-electron chi connectivity index (χ4n) is 3.95. The summed E-state index contributed by atoms with van der Waals surface area (Å²) >= 11 is 3.41. The minimum Gasteiger partial charge on any atom is -0.449 e. The van der Waals surface area contributed by atoms with Gasteiger partial charge in [0.05, 0.1) is 16.8 Å². The van der Waals surface area contributed by atoms with E-state index in [0.29, 0.717) is 23.8 Å². The molecule has 1 atom stereocenters. The van der Waals surface area contributed by atoms with E-state index in [4.69, 9.17) is 9.72 Å². The lowest BCUT2D eigenvalue weighted by Crippen LogP contribution is -2.37. The van der Waals surface area contributed by atoms with E-state index in [0.717, 1.165) is 39.6 Å². The zero-order valence-electron chi connectivity index (χ0n) is 18.4. The predicted octanol–water partition coefficient (Wildman–Crippen LogP) is 4.95. The Morgan fingerprint density at radius 1 is 1.09 bits per heavy atom.